The lowest BCUT2D eigenvalue weighted by Crippen LogP contribution is -2.40. The molecule has 0 spiro atoms. The van der Waals surface area contributed by atoms with Gasteiger partial charge in [0.25, 0.3) is 0 Å². The third kappa shape index (κ3) is 5.30. The molecule has 1 aliphatic heterocycles. The summed E-state index contributed by atoms with van der Waals surface area (Å²) in [6, 6.07) is 9.69. The van der Waals surface area contributed by atoms with Crippen LogP contribution >= 0.6 is 0 Å². The summed E-state index contributed by atoms with van der Waals surface area (Å²) < 4.78 is 10.7. The van der Waals surface area contributed by atoms with Crippen LogP contribution in [0.5, 0.6) is 5.75 Å². The van der Waals surface area contributed by atoms with E-state index in [9.17, 15) is 4.79 Å². The quantitative estimate of drug-likeness (QED) is 0.689. The molecule has 0 radical (unpaired) electrons. The summed E-state index contributed by atoms with van der Waals surface area (Å²) in [6.07, 6.45) is 2.28. The van der Waals surface area contributed by atoms with Crippen molar-refractivity contribution in [2.75, 3.05) is 33.4 Å². The summed E-state index contributed by atoms with van der Waals surface area (Å²) in [5.41, 5.74) is 1.80. The summed E-state index contributed by atoms with van der Waals surface area (Å²) in [7, 11) is 1.64. The molecule has 1 amide bonds. The van der Waals surface area contributed by atoms with Crippen molar-refractivity contribution in [1.29, 1.82) is 0 Å². The zero-order valence-electron chi connectivity index (χ0n) is 15.7. The average molecular weight is 373 g/mol. The van der Waals surface area contributed by atoms with Crippen molar-refractivity contribution >= 4 is 5.91 Å². The van der Waals surface area contributed by atoms with Gasteiger partial charge >= 0.3 is 0 Å². The highest BCUT2D eigenvalue weighted by atomic mass is 16.5. The second-order valence-electron chi connectivity index (χ2n) is 6.83. The summed E-state index contributed by atoms with van der Waals surface area (Å²) >= 11 is 0. The molecule has 1 aromatic heterocycles. The minimum atomic E-state index is 0.0597. The van der Waals surface area contributed by atoms with Crippen LogP contribution in [0.15, 0.2) is 34.9 Å². The predicted octanol–water partition coefficient (Wildman–Crippen LogP) is 2.06. The van der Waals surface area contributed by atoms with E-state index >= 15 is 0 Å². The molecule has 1 saturated heterocycles. The molecule has 0 saturated carbocycles. The largest absolute Gasteiger partial charge is 0.497 e. The van der Waals surface area contributed by atoms with Gasteiger partial charge in [-0.3, -0.25) is 9.69 Å². The number of hydrogen-bond donors (Lipinski definition) is 2. The molecule has 7 heteroatoms. The monoisotopic (exact) mass is 373 g/mol. The highest BCUT2D eigenvalue weighted by Crippen LogP contribution is 2.24. The van der Waals surface area contributed by atoms with E-state index in [0.29, 0.717) is 19.5 Å². The summed E-state index contributed by atoms with van der Waals surface area (Å²) in [5, 5.41) is 15.8. The molecule has 146 valence electrons. The Morgan fingerprint density at radius 1 is 1.33 bits per heavy atom. The maximum Gasteiger partial charge on any atom is 0.223 e. The van der Waals surface area contributed by atoms with Crippen LogP contribution in [0.1, 0.15) is 25.0 Å². The molecule has 0 aliphatic carbocycles. The second kappa shape index (κ2) is 9.53. The molecule has 27 heavy (non-hydrogen) atoms. The standard InChI is InChI=1S/C20H27N3O4/c1-26-17-5-3-15(4-6-17)19-13-18(27-22-19)14-23-10-7-16(8-11-23)20(25)21-9-2-12-24/h3-6,13,16,24H,2,7-12,14H2,1H3,(H,21,25). The number of nitrogens with zero attached hydrogens (tertiary/aromatic N) is 2. The lowest BCUT2D eigenvalue weighted by Gasteiger charge is -2.30. The maximum absolute atomic E-state index is 12.1. The molecule has 1 aromatic carbocycles. The van der Waals surface area contributed by atoms with E-state index in [1.54, 1.807) is 7.11 Å². The zero-order valence-corrected chi connectivity index (χ0v) is 15.7. The van der Waals surface area contributed by atoms with Gasteiger partial charge in [-0.15, -0.1) is 0 Å². The Hall–Kier alpha value is -2.38. The van der Waals surface area contributed by atoms with Crippen molar-refractivity contribution in [2.24, 2.45) is 5.92 Å². The molecule has 0 unspecified atom stereocenters. The lowest BCUT2D eigenvalue weighted by molar-refractivity contribution is -0.126. The van der Waals surface area contributed by atoms with Gasteiger partial charge in [-0.1, -0.05) is 5.16 Å². The molecule has 0 bridgehead atoms. The summed E-state index contributed by atoms with van der Waals surface area (Å²) in [5.74, 6) is 1.80. The molecule has 7 nitrogen and oxygen atoms in total. The minimum absolute atomic E-state index is 0.0597. The van der Waals surface area contributed by atoms with Crippen LogP contribution in [0.4, 0.5) is 0 Å². The van der Waals surface area contributed by atoms with Crippen molar-refractivity contribution in [2.45, 2.75) is 25.8 Å². The molecule has 3 rings (SSSR count). The fourth-order valence-electron chi connectivity index (χ4n) is 3.29. The Morgan fingerprint density at radius 2 is 2.07 bits per heavy atom. The number of likely N-dealkylation sites (tertiary alicyclic amines) is 1. The van der Waals surface area contributed by atoms with E-state index < -0.39 is 0 Å². The molecule has 0 atom stereocenters. The minimum Gasteiger partial charge on any atom is -0.497 e. The van der Waals surface area contributed by atoms with Crippen LogP contribution in [0.25, 0.3) is 11.3 Å². The van der Waals surface area contributed by atoms with Crippen molar-refractivity contribution in [3.05, 3.63) is 36.1 Å². The van der Waals surface area contributed by atoms with Gasteiger partial charge < -0.3 is 19.7 Å². The Labute approximate surface area is 159 Å². The van der Waals surface area contributed by atoms with Gasteiger partial charge in [-0.2, -0.15) is 0 Å². The van der Waals surface area contributed by atoms with Crippen molar-refractivity contribution < 1.29 is 19.2 Å². The van der Waals surface area contributed by atoms with Crippen LogP contribution in [0, 0.1) is 5.92 Å². The van der Waals surface area contributed by atoms with E-state index in [2.05, 4.69) is 15.4 Å². The van der Waals surface area contributed by atoms with Gasteiger partial charge in [0, 0.05) is 30.7 Å². The van der Waals surface area contributed by atoms with Crippen molar-refractivity contribution in [3.8, 4) is 17.0 Å². The molecule has 1 aliphatic rings. The number of aliphatic hydroxyl groups is 1. The van der Waals surface area contributed by atoms with Gasteiger partial charge in [0.2, 0.25) is 5.91 Å². The van der Waals surface area contributed by atoms with Crippen molar-refractivity contribution in [3.63, 3.8) is 0 Å². The van der Waals surface area contributed by atoms with Gasteiger partial charge in [-0.25, -0.2) is 0 Å². The molecule has 2 heterocycles. The molecular formula is C20H27N3O4. The first-order valence-electron chi connectivity index (χ1n) is 9.40. The fourth-order valence-corrected chi connectivity index (χ4v) is 3.29. The van der Waals surface area contributed by atoms with E-state index in [1.165, 1.54) is 0 Å². The fraction of sp³-hybridized carbons (Fsp3) is 0.500. The highest BCUT2D eigenvalue weighted by molar-refractivity contribution is 5.78. The first kappa shape index (κ1) is 19.4. The Morgan fingerprint density at radius 3 is 2.74 bits per heavy atom. The number of methoxy groups -OCH3 is 1. The molecular weight excluding hydrogens is 346 g/mol. The Kier molecular flexibility index (Phi) is 6.84. The SMILES string of the molecule is COc1ccc(-c2cc(CN3CCC(C(=O)NCCCO)CC3)on2)cc1. The highest BCUT2D eigenvalue weighted by Gasteiger charge is 2.25. The molecule has 2 N–H and O–H groups in total. The number of rotatable bonds is 8. The number of carbonyl (C=O) groups excluding carboxylic acids is 1. The van der Waals surface area contributed by atoms with Crippen LogP contribution < -0.4 is 10.1 Å². The number of aromatic nitrogens is 1. The number of carbonyl (C=O) groups is 1. The molecule has 2 aromatic rings. The topological polar surface area (TPSA) is 87.8 Å². The number of piperidine rings is 1. The average Bonchev–Trinajstić information content (AvgIpc) is 3.17. The van der Waals surface area contributed by atoms with E-state index in [-0.39, 0.29) is 18.4 Å². The Balaban J connectivity index is 1.48. The lowest BCUT2D eigenvalue weighted by atomic mass is 9.96. The smallest absolute Gasteiger partial charge is 0.223 e. The van der Waals surface area contributed by atoms with Crippen LogP contribution in [0.3, 0.4) is 0 Å². The zero-order chi connectivity index (χ0) is 19.1. The first-order chi connectivity index (χ1) is 13.2. The van der Waals surface area contributed by atoms with Gasteiger partial charge in [0.15, 0.2) is 5.76 Å². The third-order valence-electron chi connectivity index (χ3n) is 4.92. The first-order valence-corrected chi connectivity index (χ1v) is 9.40. The normalized spacial score (nSPS) is 15.6. The van der Waals surface area contributed by atoms with Gasteiger partial charge in [-0.05, 0) is 56.6 Å². The van der Waals surface area contributed by atoms with E-state index in [4.69, 9.17) is 14.4 Å². The van der Waals surface area contributed by atoms with Crippen LogP contribution in [-0.4, -0.2) is 54.4 Å². The van der Waals surface area contributed by atoms with Crippen LogP contribution in [0.2, 0.25) is 0 Å². The summed E-state index contributed by atoms with van der Waals surface area (Å²) in [4.78, 5) is 14.4. The summed E-state index contributed by atoms with van der Waals surface area (Å²) in [6.45, 7) is 3.06. The van der Waals surface area contributed by atoms with E-state index in [1.807, 2.05) is 30.3 Å². The van der Waals surface area contributed by atoms with Gasteiger partial charge in [0.05, 0.1) is 13.7 Å². The number of amides is 1. The molecule has 1 fully saturated rings. The van der Waals surface area contributed by atoms with E-state index in [0.717, 1.165) is 48.7 Å². The van der Waals surface area contributed by atoms with Crippen molar-refractivity contribution in [1.82, 2.24) is 15.4 Å². The Bertz CT molecular complexity index is 721. The second-order valence-corrected chi connectivity index (χ2v) is 6.83. The number of hydrogen-bond acceptors (Lipinski definition) is 6. The number of benzene rings is 1. The third-order valence-corrected chi connectivity index (χ3v) is 4.92. The van der Waals surface area contributed by atoms with Crippen LogP contribution in [-0.2, 0) is 11.3 Å². The predicted molar refractivity (Wildman–Crippen MR) is 101 cm³/mol. The van der Waals surface area contributed by atoms with Gasteiger partial charge in [0.1, 0.15) is 11.4 Å². The number of ether oxygens (including phenoxy) is 1. The number of aliphatic hydroxyl groups excluding tert-OH is 1. The maximum atomic E-state index is 12.1. The number of nitrogens with one attached hydrogen (secondary N) is 1.